The molecule has 3 heteroatoms. The van der Waals surface area contributed by atoms with Crippen molar-refractivity contribution in [3.05, 3.63) is 0 Å². The first-order valence-electron chi connectivity index (χ1n) is 8.46. The van der Waals surface area contributed by atoms with E-state index in [1.54, 1.807) is 0 Å². The summed E-state index contributed by atoms with van der Waals surface area (Å²) in [6.07, 6.45) is 3.70. The molecule has 0 spiro atoms. The standard InChI is InChI=1S/C17H34N2O/c1-7-13-12-19(10-9-14(13)18-8-2)15-11-16(3,4)20-17(15,5)6/h13-15,18H,7-12H2,1-6H3. The molecule has 118 valence electrons. The van der Waals surface area contributed by atoms with Crippen LogP contribution in [0.1, 0.15) is 60.8 Å². The molecule has 0 aromatic heterocycles. The maximum absolute atomic E-state index is 6.29. The lowest BCUT2D eigenvalue weighted by Crippen LogP contribution is -2.55. The van der Waals surface area contributed by atoms with Gasteiger partial charge >= 0.3 is 0 Å². The smallest absolute Gasteiger partial charge is 0.0789 e. The lowest BCUT2D eigenvalue weighted by Gasteiger charge is -2.44. The van der Waals surface area contributed by atoms with Gasteiger partial charge in [-0.1, -0.05) is 20.3 Å². The number of nitrogens with zero attached hydrogens (tertiary/aromatic N) is 1. The van der Waals surface area contributed by atoms with Crippen LogP contribution in [-0.4, -0.2) is 47.8 Å². The second-order valence-corrected chi connectivity index (χ2v) is 7.80. The number of hydrogen-bond donors (Lipinski definition) is 1. The predicted octanol–water partition coefficient (Wildman–Crippen LogP) is 3.04. The van der Waals surface area contributed by atoms with Crippen molar-refractivity contribution in [2.24, 2.45) is 5.92 Å². The van der Waals surface area contributed by atoms with Crippen LogP contribution in [0.5, 0.6) is 0 Å². The largest absolute Gasteiger partial charge is 0.368 e. The van der Waals surface area contributed by atoms with Gasteiger partial charge in [-0.2, -0.15) is 0 Å². The second kappa shape index (κ2) is 5.94. The van der Waals surface area contributed by atoms with Crippen LogP contribution < -0.4 is 5.32 Å². The van der Waals surface area contributed by atoms with Gasteiger partial charge in [-0.25, -0.2) is 0 Å². The SMILES string of the molecule is CCNC1CCN(C2CC(C)(C)OC2(C)C)CC1CC. The topological polar surface area (TPSA) is 24.5 Å². The van der Waals surface area contributed by atoms with E-state index in [9.17, 15) is 0 Å². The first-order valence-corrected chi connectivity index (χ1v) is 8.46. The van der Waals surface area contributed by atoms with Crippen molar-refractivity contribution in [3.8, 4) is 0 Å². The third-order valence-corrected chi connectivity index (χ3v) is 5.22. The summed E-state index contributed by atoms with van der Waals surface area (Å²) >= 11 is 0. The second-order valence-electron chi connectivity index (χ2n) is 7.80. The van der Waals surface area contributed by atoms with E-state index < -0.39 is 0 Å². The minimum absolute atomic E-state index is 0.0210. The van der Waals surface area contributed by atoms with Crippen molar-refractivity contribution in [2.45, 2.75) is 84.1 Å². The van der Waals surface area contributed by atoms with Crippen LogP contribution in [0.15, 0.2) is 0 Å². The predicted molar refractivity (Wildman–Crippen MR) is 85.1 cm³/mol. The molecule has 0 aliphatic carbocycles. The number of piperidine rings is 1. The lowest BCUT2D eigenvalue weighted by molar-refractivity contribution is -0.0843. The highest BCUT2D eigenvalue weighted by molar-refractivity contribution is 5.02. The highest BCUT2D eigenvalue weighted by Gasteiger charge is 2.49. The molecule has 0 aromatic rings. The van der Waals surface area contributed by atoms with E-state index in [-0.39, 0.29) is 11.2 Å². The van der Waals surface area contributed by atoms with E-state index in [1.807, 2.05) is 0 Å². The van der Waals surface area contributed by atoms with Crippen molar-refractivity contribution in [2.75, 3.05) is 19.6 Å². The number of hydrogen-bond acceptors (Lipinski definition) is 3. The van der Waals surface area contributed by atoms with Crippen LogP contribution in [-0.2, 0) is 4.74 Å². The van der Waals surface area contributed by atoms with Gasteiger partial charge in [0.05, 0.1) is 11.2 Å². The minimum Gasteiger partial charge on any atom is -0.368 e. The zero-order valence-electron chi connectivity index (χ0n) is 14.3. The fourth-order valence-corrected chi connectivity index (χ4v) is 4.39. The molecule has 2 aliphatic rings. The molecule has 0 radical (unpaired) electrons. The Kier molecular flexibility index (Phi) is 4.83. The molecule has 2 fully saturated rings. The Hall–Kier alpha value is -0.120. The third kappa shape index (κ3) is 3.37. The van der Waals surface area contributed by atoms with Gasteiger partial charge in [-0.3, -0.25) is 4.90 Å². The van der Waals surface area contributed by atoms with Gasteiger partial charge in [-0.15, -0.1) is 0 Å². The fraction of sp³-hybridized carbons (Fsp3) is 1.00. The number of rotatable bonds is 4. The summed E-state index contributed by atoms with van der Waals surface area (Å²) in [5, 5.41) is 3.68. The first kappa shape index (κ1) is 16.3. The molecular formula is C17H34N2O. The molecular weight excluding hydrogens is 248 g/mol. The molecule has 2 rings (SSSR count). The average Bonchev–Trinajstić information content (AvgIpc) is 2.58. The fourth-order valence-electron chi connectivity index (χ4n) is 4.39. The summed E-state index contributed by atoms with van der Waals surface area (Å²) in [6, 6.07) is 1.27. The van der Waals surface area contributed by atoms with Crippen LogP contribution in [0.25, 0.3) is 0 Å². The van der Waals surface area contributed by atoms with Gasteiger partial charge in [0, 0.05) is 25.2 Å². The van der Waals surface area contributed by atoms with Crippen LogP contribution in [0.2, 0.25) is 0 Å². The Morgan fingerprint density at radius 2 is 1.90 bits per heavy atom. The van der Waals surface area contributed by atoms with Crippen LogP contribution >= 0.6 is 0 Å². The zero-order chi connectivity index (χ0) is 15.0. The molecule has 0 saturated carbocycles. The maximum atomic E-state index is 6.29. The van der Waals surface area contributed by atoms with Crippen LogP contribution in [0.4, 0.5) is 0 Å². The van der Waals surface area contributed by atoms with Crippen LogP contribution in [0.3, 0.4) is 0 Å². The van der Waals surface area contributed by atoms with Gasteiger partial charge in [0.1, 0.15) is 0 Å². The van der Waals surface area contributed by atoms with Crippen molar-refractivity contribution in [3.63, 3.8) is 0 Å². The zero-order valence-corrected chi connectivity index (χ0v) is 14.3. The Morgan fingerprint density at radius 3 is 2.40 bits per heavy atom. The molecule has 1 N–H and O–H groups in total. The quantitative estimate of drug-likeness (QED) is 0.858. The molecule has 2 heterocycles. The summed E-state index contributed by atoms with van der Waals surface area (Å²) in [5.74, 6) is 0.781. The van der Waals surface area contributed by atoms with Gasteiger partial charge in [-0.05, 0) is 53.0 Å². The molecule has 3 atom stereocenters. The molecule has 3 unspecified atom stereocenters. The molecule has 3 nitrogen and oxygen atoms in total. The summed E-state index contributed by atoms with van der Waals surface area (Å²) in [5.41, 5.74) is 0.00120. The summed E-state index contributed by atoms with van der Waals surface area (Å²) in [7, 11) is 0. The van der Waals surface area contributed by atoms with Crippen molar-refractivity contribution < 1.29 is 4.74 Å². The Labute approximate surface area is 125 Å². The molecule has 0 aromatic carbocycles. The normalized spacial score (nSPS) is 37.2. The number of nitrogens with one attached hydrogen (secondary N) is 1. The first-order chi connectivity index (χ1) is 9.29. The summed E-state index contributed by atoms with van der Waals surface area (Å²) in [6.45, 7) is 17.1. The van der Waals surface area contributed by atoms with Crippen molar-refractivity contribution in [1.29, 1.82) is 0 Å². The molecule has 2 saturated heterocycles. The molecule has 20 heavy (non-hydrogen) atoms. The van der Waals surface area contributed by atoms with Gasteiger partial charge < -0.3 is 10.1 Å². The number of likely N-dealkylation sites (tertiary alicyclic amines) is 1. The number of ether oxygens (including phenoxy) is 1. The van der Waals surface area contributed by atoms with Gasteiger partial charge in [0.2, 0.25) is 0 Å². The summed E-state index contributed by atoms with van der Waals surface area (Å²) in [4.78, 5) is 2.71. The molecule has 2 aliphatic heterocycles. The summed E-state index contributed by atoms with van der Waals surface area (Å²) < 4.78 is 6.29. The van der Waals surface area contributed by atoms with E-state index in [0.29, 0.717) is 12.1 Å². The van der Waals surface area contributed by atoms with Crippen molar-refractivity contribution >= 4 is 0 Å². The van der Waals surface area contributed by atoms with E-state index in [1.165, 1.54) is 25.9 Å². The Balaban J connectivity index is 2.04. The Bertz CT molecular complexity index is 327. The van der Waals surface area contributed by atoms with E-state index >= 15 is 0 Å². The average molecular weight is 282 g/mol. The van der Waals surface area contributed by atoms with E-state index in [0.717, 1.165) is 18.9 Å². The maximum Gasteiger partial charge on any atom is 0.0789 e. The van der Waals surface area contributed by atoms with Gasteiger partial charge in [0.15, 0.2) is 0 Å². The molecule has 0 bridgehead atoms. The minimum atomic E-state index is -0.0210. The monoisotopic (exact) mass is 282 g/mol. The third-order valence-electron chi connectivity index (χ3n) is 5.22. The Morgan fingerprint density at radius 1 is 1.20 bits per heavy atom. The van der Waals surface area contributed by atoms with Crippen LogP contribution in [0, 0.1) is 5.92 Å². The molecule has 0 amide bonds. The lowest BCUT2D eigenvalue weighted by atomic mass is 9.85. The van der Waals surface area contributed by atoms with Gasteiger partial charge in [0.25, 0.3) is 0 Å². The highest BCUT2D eigenvalue weighted by Crippen LogP contribution is 2.41. The van der Waals surface area contributed by atoms with E-state index in [2.05, 4.69) is 51.8 Å². The highest BCUT2D eigenvalue weighted by atomic mass is 16.5. The van der Waals surface area contributed by atoms with Crippen molar-refractivity contribution in [1.82, 2.24) is 10.2 Å². The van der Waals surface area contributed by atoms with E-state index in [4.69, 9.17) is 4.74 Å².